The Hall–Kier alpha value is -1.88. The number of aryl methyl sites for hydroxylation is 1. The van der Waals surface area contributed by atoms with Crippen LogP contribution in [0.1, 0.15) is 85.9 Å². The van der Waals surface area contributed by atoms with E-state index >= 15 is 0 Å². The molecule has 1 aliphatic heterocycles. The van der Waals surface area contributed by atoms with E-state index in [2.05, 4.69) is 43.4 Å². The highest BCUT2D eigenvalue weighted by molar-refractivity contribution is 6.29. The van der Waals surface area contributed by atoms with Gasteiger partial charge in [-0.2, -0.15) is 5.10 Å². The fourth-order valence-corrected chi connectivity index (χ4v) is 3.93. The largest absolute Gasteiger partial charge is 0.338 e. The Labute approximate surface area is 166 Å². The van der Waals surface area contributed by atoms with Gasteiger partial charge in [0.05, 0.1) is 11.7 Å². The zero-order valence-corrected chi connectivity index (χ0v) is 17.6. The number of pyridine rings is 1. The van der Waals surface area contributed by atoms with Crippen molar-refractivity contribution in [2.24, 2.45) is 0 Å². The molecule has 0 aromatic carbocycles. The van der Waals surface area contributed by atoms with Crippen LogP contribution < -0.4 is 0 Å². The first-order valence-electron chi connectivity index (χ1n) is 9.79. The minimum Gasteiger partial charge on any atom is -0.338 e. The van der Waals surface area contributed by atoms with Gasteiger partial charge in [-0.05, 0) is 49.8 Å². The topological polar surface area (TPSA) is 51.0 Å². The van der Waals surface area contributed by atoms with E-state index in [9.17, 15) is 4.79 Å². The van der Waals surface area contributed by atoms with Gasteiger partial charge in [0.25, 0.3) is 5.91 Å². The molecule has 6 heteroatoms. The lowest BCUT2D eigenvalue weighted by atomic mass is 10.0. The molecule has 5 nitrogen and oxygen atoms in total. The second-order valence-corrected chi connectivity index (χ2v) is 8.48. The van der Waals surface area contributed by atoms with Gasteiger partial charge in [0.15, 0.2) is 0 Å². The lowest BCUT2D eigenvalue weighted by Crippen LogP contribution is -2.39. The second-order valence-electron chi connectivity index (χ2n) is 8.09. The van der Waals surface area contributed by atoms with Crippen molar-refractivity contribution in [3.63, 3.8) is 0 Å². The van der Waals surface area contributed by atoms with Crippen molar-refractivity contribution in [3.05, 3.63) is 46.0 Å². The van der Waals surface area contributed by atoms with Gasteiger partial charge in [-0.1, -0.05) is 39.3 Å². The van der Waals surface area contributed by atoms with Gasteiger partial charge in [-0.15, -0.1) is 0 Å². The molecule has 0 bridgehead atoms. The SMILES string of the molecule is Cc1cc(C(=O)N2CCC(n3nc(C(C)C)cc3C(C)C)CC2)cc(Cl)n1. The Morgan fingerprint density at radius 1 is 1.11 bits per heavy atom. The molecule has 1 saturated heterocycles. The highest BCUT2D eigenvalue weighted by Gasteiger charge is 2.27. The number of amides is 1. The average Bonchev–Trinajstić information content (AvgIpc) is 3.06. The van der Waals surface area contributed by atoms with Crippen LogP contribution in [0.4, 0.5) is 0 Å². The molecule has 0 unspecified atom stereocenters. The van der Waals surface area contributed by atoms with Gasteiger partial charge < -0.3 is 4.90 Å². The van der Waals surface area contributed by atoms with Crippen molar-refractivity contribution in [1.82, 2.24) is 19.7 Å². The first-order valence-corrected chi connectivity index (χ1v) is 10.2. The number of rotatable bonds is 4. The number of nitrogens with zero attached hydrogens (tertiary/aromatic N) is 4. The van der Waals surface area contributed by atoms with Crippen molar-refractivity contribution in [2.75, 3.05) is 13.1 Å². The predicted octanol–water partition coefficient (Wildman–Crippen LogP) is 4.96. The third-order valence-electron chi connectivity index (χ3n) is 5.23. The first-order chi connectivity index (χ1) is 12.8. The van der Waals surface area contributed by atoms with E-state index in [-0.39, 0.29) is 5.91 Å². The van der Waals surface area contributed by atoms with Crippen molar-refractivity contribution < 1.29 is 4.79 Å². The van der Waals surface area contributed by atoms with Gasteiger partial charge in [0.2, 0.25) is 0 Å². The van der Waals surface area contributed by atoms with E-state index in [4.69, 9.17) is 16.7 Å². The van der Waals surface area contributed by atoms with Gasteiger partial charge in [0, 0.05) is 30.0 Å². The van der Waals surface area contributed by atoms with Crippen LogP contribution in [0, 0.1) is 6.92 Å². The van der Waals surface area contributed by atoms with E-state index in [0.29, 0.717) is 28.6 Å². The molecule has 146 valence electrons. The van der Waals surface area contributed by atoms with Gasteiger partial charge in [-0.3, -0.25) is 9.48 Å². The van der Waals surface area contributed by atoms with E-state index in [0.717, 1.165) is 37.3 Å². The second kappa shape index (κ2) is 8.01. The molecule has 0 aliphatic carbocycles. The van der Waals surface area contributed by atoms with Crippen LogP contribution in [0.15, 0.2) is 18.2 Å². The summed E-state index contributed by atoms with van der Waals surface area (Å²) in [5.74, 6) is 0.893. The molecule has 0 radical (unpaired) electrons. The van der Waals surface area contributed by atoms with Gasteiger partial charge in [-0.25, -0.2) is 4.98 Å². The van der Waals surface area contributed by atoms with E-state index in [1.54, 1.807) is 12.1 Å². The maximum absolute atomic E-state index is 12.8. The standard InChI is InChI=1S/C21H29ClN4O/c1-13(2)18-12-19(14(3)4)26(24-18)17-6-8-25(9-7-17)21(27)16-10-15(5)23-20(22)11-16/h10-14,17H,6-9H2,1-5H3. The normalized spacial score (nSPS) is 15.8. The van der Waals surface area contributed by atoms with Gasteiger partial charge >= 0.3 is 0 Å². The number of piperidine rings is 1. The molecule has 3 heterocycles. The zero-order valence-electron chi connectivity index (χ0n) is 16.9. The van der Waals surface area contributed by atoms with Gasteiger partial charge in [0.1, 0.15) is 5.15 Å². The smallest absolute Gasteiger partial charge is 0.254 e. The summed E-state index contributed by atoms with van der Waals surface area (Å²) in [6.45, 7) is 12.1. The molecule has 0 spiro atoms. The van der Waals surface area contributed by atoms with E-state index in [1.807, 2.05) is 11.8 Å². The zero-order chi connectivity index (χ0) is 19.7. The molecule has 2 aromatic rings. The highest BCUT2D eigenvalue weighted by Crippen LogP contribution is 2.29. The summed E-state index contributed by atoms with van der Waals surface area (Å²) in [5, 5.41) is 5.26. The maximum Gasteiger partial charge on any atom is 0.254 e. The monoisotopic (exact) mass is 388 g/mol. The molecular weight excluding hydrogens is 360 g/mol. The van der Waals surface area contributed by atoms with Crippen molar-refractivity contribution in [1.29, 1.82) is 0 Å². The summed E-state index contributed by atoms with van der Waals surface area (Å²) in [4.78, 5) is 18.9. The molecular formula is C21H29ClN4O. The lowest BCUT2D eigenvalue weighted by molar-refractivity contribution is 0.0688. The lowest BCUT2D eigenvalue weighted by Gasteiger charge is -2.33. The third-order valence-corrected chi connectivity index (χ3v) is 5.43. The minimum absolute atomic E-state index is 0.0354. The Bertz CT molecular complexity index is 799. The Morgan fingerprint density at radius 3 is 2.33 bits per heavy atom. The number of halogens is 1. The van der Waals surface area contributed by atoms with E-state index in [1.165, 1.54) is 5.69 Å². The summed E-state index contributed by atoms with van der Waals surface area (Å²) < 4.78 is 2.22. The molecule has 3 rings (SSSR count). The molecule has 0 N–H and O–H groups in total. The van der Waals surface area contributed by atoms with Crippen LogP contribution in [0.5, 0.6) is 0 Å². The molecule has 1 aliphatic rings. The molecule has 1 amide bonds. The van der Waals surface area contributed by atoms with Crippen molar-refractivity contribution in [2.45, 2.75) is 65.3 Å². The first kappa shape index (κ1) is 19.9. The number of carbonyl (C=O) groups is 1. The van der Waals surface area contributed by atoms with Crippen LogP contribution in [-0.2, 0) is 0 Å². The van der Waals surface area contributed by atoms with Crippen LogP contribution in [0.25, 0.3) is 0 Å². The summed E-state index contributed by atoms with van der Waals surface area (Å²) in [6, 6.07) is 6.05. The van der Waals surface area contributed by atoms with Crippen LogP contribution in [0.2, 0.25) is 5.15 Å². The minimum atomic E-state index is 0.0354. The van der Waals surface area contributed by atoms with Crippen LogP contribution in [0.3, 0.4) is 0 Å². The number of aromatic nitrogens is 3. The number of carbonyl (C=O) groups excluding carboxylic acids is 1. The summed E-state index contributed by atoms with van der Waals surface area (Å²) in [5.41, 5.74) is 3.83. The Balaban J connectivity index is 1.73. The van der Waals surface area contributed by atoms with Crippen molar-refractivity contribution >= 4 is 17.5 Å². The van der Waals surface area contributed by atoms with Crippen LogP contribution in [-0.4, -0.2) is 38.7 Å². The fraction of sp³-hybridized carbons (Fsp3) is 0.571. The predicted molar refractivity (Wildman–Crippen MR) is 109 cm³/mol. The molecule has 27 heavy (non-hydrogen) atoms. The summed E-state index contributed by atoms with van der Waals surface area (Å²) >= 11 is 6.02. The summed E-state index contributed by atoms with van der Waals surface area (Å²) in [7, 11) is 0. The number of hydrogen-bond donors (Lipinski definition) is 0. The van der Waals surface area contributed by atoms with Crippen molar-refractivity contribution in [3.8, 4) is 0 Å². The van der Waals surface area contributed by atoms with E-state index < -0.39 is 0 Å². The fourth-order valence-electron chi connectivity index (χ4n) is 3.68. The van der Waals surface area contributed by atoms with Crippen LogP contribution >= 0.6 is 11.6 Å². The molecule has 1 fully saturated rings. The Morgan fingerprint density at radius 2 is 1.78 bits per heavy atom. The summed E-state index contributed by atoms with van der Waals surface area (Å²) in [6.07, 6.45) is 1.84. The maximum atomic E-state index is 12.8. The average molecular weight is 389 g/mol. The quantitative estimate of drug-likeness (QED) is 0.695. The number of likely N-dealkylation sites (tertiary alicyclic amines) is 1. The third kappa shape index (κ3) is 4.34. The number of hydrogen-bond acceptors (Lipinski definition) is 3. The molecule has 2 aromatic heterocycles. The molecule has 0 atom stereocenters. The molecule has 0 saturated carbocycles. The highest BCUT2D eigenvalue weighted by atomic mass is 35.5. The Kier molecular flexibility index (Phi) is 5.89.